The molecule has 4 rings (SSSR count). The van der Waals surface area contributed by atoms with E-state index in [0.29, 0.717) is 24.0 Å². The van der Waals surface area contributed by atoms with Crippen molar-refractivity contribution in [3.63, 3.8) is 0 Å². The number of nitrogens with two attached hydrogens (primary N) is 1. The van der Waals surface area contributed by atoms with Crippen molar-refractivity contribution in [2.24, 2.45) is 5.73 Å². The Kier molecular flexibility index (Phi) is 4.50. The van der Waals surface area contributed by atoms with Crippen molar-refractivity contribution in [1.29, 1.82) is 0 Å². The maximum atomic E-state index is 12.6. The van der Waals surface area contributed by atoms with Gasteiger partial charge in [0.15, 0.2) is 0 Å². The summed E-state index contributed by atoms with van der Waals surface area (Å²) in [5, 5.41) is 0. The fourth-order valence-electron chi connectivity index (χ4n) is 5.12. The normalized spacial score (nSPS) is 30.8. The Balaban J connectivity index is 1.48. The highest BCUT2D eigenvalue weighted by Crippen LogP contribution is 2.44. The molecule has 3 aliphatic rings. The summed E-state index contributed by atoms with van der Waals surface area (Å²) in [6.07, 6.45) is 7.44. The summed E-state index contributed by atoms with van der Waals surface area (Å²) in [7, 11) is 0. The molecule has 0 radical (unpaired) electrons. The second-order valence-corrected chi connectivity index (χ2v) is 9.47. The standard InChI is InChI=1S/C22H32N2O2/c1-22(2,3)26-21(25)24-19-8-9-20(24)13-17(12-19)15-4-5-16-11-18(23)7-6-14(16)10-15/h4-5,10,17-20H,6-9,11-13,23H2,1-3H3/t17?,18-,19-,20+/m0/s1. The topological polar surface area (TPSA) is 55.6 Å². The van der Waals surface area contributed by atoms with Crippen LogP contribution in [0.5, 0.6) is 0 Å². The summed E-state index contributed by atoms with van der Waals surface area (Å²) in [6.45, 7) is 5.83. The van der Waals surface area contributed by atoms with E-state index in [4.69, 9.17) is 10.5 Å². The van der Waals surface area contributed by atoms with E-state index < -0.39 is 5.60 Å². The molecule has 26 heavy (non-hydrogen) atoms. The quantitative estimate of drug-likeness (QED) is 0.822. The van der Waals surface area contributed by atoms with Crippen LogP contribution in [0.25, 0.3) is 0 Å². The number of hydrogen-bond donors (Lipinski definition) is 1. The Morgan fingerprint density at radius 2 is 1.81 bits per heavy atom. The van der Waals surface area contributed by atoms with Crippen LogP contribution in [-0.2, 0) is 17.6 Å². The van der Waals surface area contributed by atoms with Gasteiger partial charge in [0.25, 0.3) is 0 Å². The number of hydrogen-bond acceptors (Lipinski definition) is 3. The molecule has 1 aromatic carbocycles. The van der Waals surface area contributed by atoms with Crippen LogP contribution >= 0.6 is 0 Å². The second-order valence-electron chi connectivity index (χ2n) is 9.47. The summed E-state index contributed by atoms with van der Waals surface area (Å²) in [6, 6.07) is 8.02. The van der Waals surface area contributed by atoms with Gasteiger partial charge in [-0.25, -0.2) is 4.79 Å². The van der Waals surface area contributed by atoms with Gasteiger partial charge in [0.2, 0.25) is 0 Å². The van der Waals surface area contributed by atoms with Gasteiger partial charge in [-0.2, -0.15) is 0 Å². The van der Waals surface area contributed by atoms with E-state index in [0.717, 1.165) is 44.9 Å². The number of piperidine rings is 1. The third-order valence-electron chi connectivity index (χ3n) is 6.31. The number of nitrogens with zero attached hydrogens (tertiary/aromatic N) is 1. The first-order valence-corrected chi connectivity index (χ1v) is 10.2. The minimum Gasteiger partial charge on any atom is -0.444 e. The highest BCUT2D eigenvalue weighted by Gasteiger charge is 2.45. The summed E-state index contributed by atoms with van der Waals surface area (Å²) in [5.41, 5.74) is 10.1. The summed E-state index contributed by atoms with van der Waals surface area (Å²) >= 11 is 0. The molecular weight excluding hydrogens is 324 g/mol. The van der Waals surface area contributed by atoms with Crippen LogP contribution in [0.3, 0.4) is 0 Å². The number of rotatable bonds is 1. The van der Waals surface area contributed by atoms with E-state index in [-0.39, 0.29) is 6.09 Å². The molecule has 2 aliphatic heterocycles. The van der Waals surface area contributed by atoms with Crippen molar-refractivity contribution < 1.29 is 9.53 Å². The van der Waals surface area contributed by atoms with Crippen LogP contribution in [0.1, 0.15) is 75.5 Å². The molecule has 2 bridgehead atoms. The van der Waals surface area contributed by atoms with Crippen molar-refractivity contribution in [3.05, 3.63) is 34.9 Å². The van der Waals surface area contributed by atoms with Crippen molar-refractivity contribution >= 4 is 6.09 Å². The van der Waals surface area contributed by atoms with Crippen LogP contribution in [0.4, 0.5) is 4.79 Å². The van der Waals surface area contributed by atoms with Gasteiger partial charge >= 0.3 is 6.09 Å². The number of benzene rings is 1. The summed E-state index contributed by atoms with van der Waals surface area (Å²) in [5.74, 6) is 0.562. The Bertz CT molecular complexity index is 680. The number of fused-ring (bicyclic) bond motifs is 3. The average Bonchev–Trinajstić information content (AvgIpc) is 2.83. The number of ether oxygens (including phenoxy) is 1. The molecular formula is C22H32N2O2. The molecule has 4 heteroatoms. The maximum absolute atomic E-state index is 12.6. The number of carbonyl (C=O) groups excluding carboxylic acids is 1. The molecule has 1 unspecified atom stereocenters. The van der Waals surface area contributed by atoms with E-state index in [1.165, 1.54) is 16.7 Å². The molecule has 2 fully saturated rings. The molecule has 1 aliphatic carbocycles. The summed E-state index contributed by atoms with van der Waals surface area (Å²) < 4.78 is 5.66. The van der Waals surface area contributed by atoms with Crippen LogP contribution in [0.15, 0.2) is 18.2 Å². The lowest BCUT2D eigenvalue weighted by Gasteiger charge is -2.40. The molecule has 2 saturated heterocycles. The minimum atomic E-state index is -0.424. The molecule has 4 atom stereocenters. The summed E-state index contributed by atoms with van der Waals surface area (Å²) in [4.78, 5) is 14.7. The van der Waals surface area contributed by atoms with Crippen molar-refractivity contribution in [3.8, 4) is 0 Å². The van der Waals surface area contributed by atoms with Gasteiger partial charge in [-0.05, 0) is 88.3 Å². The third kappa shape index (κ3) is 3.48. The fourth-order valence-corrected chi connectivity index (χ4v) is 5.12. The SMILES string of the molecule is CC(C)(C)OC(=O)N1[C@@H]2CC[C@H]1CC(c1ccc3c(c1)CC[C@H](N)C3)C2. The molecule has 1 aromatic rings. The zero-order valence-corrected chi connectivity index (χ0v) is 16.3. The van der Waals surface area contributed by atoms with Crippen molar-refractivity contribution in [2.75, 3.05) is 0 Å². The lowest BCUT2D eigenvalue weighted by molar-refractivity contribution is 0.00584. The van der Waals surface area contributed by atoms with E-state index in [2.05, 4.69) is 18.2 Å². The number of aryl methyl sites for hydroxylation is 1. The van der Waals surface area contributed by atoms with Gasteiger partial charge in [0.1, 0.15) is 5.60 Å². The second kappa shape index (κ2) is 6.56. The van der Waals surface area contributed by atoms with E-state index >= 15 is 0 Å². The van der Waals surface area contributed by atoms with E-state index in [1.807, 2.05) is 25.7 Å². The largest absolute Gasteiger partial charge is 0.444 e. The monoisotopic (exact) mass is 356 g/mol. The Labute approximate surface area is 157 Å². The van der Waals surface area contributed by atoms with Crippen molar-refractivity contribution in [2.45, 2.75) is 95.4 Å². The highest BCUT2D eigenvalue weighted by atomic mass is 16.6. The molecule has 142 valence electrons. The smallest absolute Gasteiger partial charge is 0.410 e. The van der Waals surface area contributed by atoms with Gasteiger partial charge in [-0.3, -0.25) is 0 Å². The van der Waals surface area contributed by atoms with Gasteiger partial charge in [-0.1, -0.05) is 18.2 Å². The van der Waals surface area contributed by atoms with E-state index in [9.17, 15) is 4.79 Å². The molecule has 1 amide bonds. The zero-order chi connectivity index (χ0) is 18.5. The lowest BCUT2D eigenvalue weighted by atomic mass is 9.81. The molecule has 2 N–H and O–H groups in total. The molecule has 4 nitrogen and oxygen atoms in total. The average molecular weight is 357 g/mol. The van der Waals surface area contributed by atoms with Gasteiger partial charge < -0.3 is 15.4 Å². The van der Waals surface area contributed by atoms with Crippen LogP contribution in [0, 0.1) is 0 Å². The van der Waals surface area contributed by atoms with Gasteiger partial charge in [0.05, 0.1) is 0 Å². The van der Waals surface area contributed by atoms with Crippen LogP contribution in [0.2, 0.25) is 0 Å². The molecule has 2 heterocycles. The number of carbonyl (C=O) groups is 1. The van der Waals surface area contributed by atoms with E-state index in [1.54, 1.807) is 0 Å². The first-order chi connectivity index (χ1) is 12.3. The van der Waals surface area contributed by atoms with Gasteiger partial charge in [-0.15, -0.1) is 0 Å². The fraction of sp³-hybridized carbons (Fsp3) is 0.682. The Morgan fingerprint density at radius 1 is 1.12 bits per heavy atom. The Morgan fingerprint density at radius 3 is 2.46 bits per heavy atom. The lowest BCUT2D eigenvalue weighted by Crippen LogP contribution is -2.48. The van der Waals surface area contributed by atoms with Crippen LogP contribution < -0.4 is 5.73 Å². The predicted octanol–water partition coefficient (Wildman–Crippen LogP) is 4.15. The van der Waals surface area contributed by atoms with Gasteiger partial charge in [0, 0.05) is 18.1 Å². The predicted molar refractivity (Wildman–Crippen MR) is 103 cm³/mol. The number of amides is 1. The molecule has 0 aromatic heterocycles. The molecule has 0 spiro atoms. The third-order valence-corrected chi connectivity index (χ3v) is 6.31. The highest BCUT2D eigenvalue weighted by molar-refractivity contribution is 5.69. The molecule has 0 saturated carbocycles. The van der Waals surface area contributed by atoms with Crippen LogP contribution in [-0.4, -0.2) is 34.7 Å². The zero-order valence-electron chi connectivity index (χ0n) is 16.3. The van der Waals surface area contributed by atoms with Crippen molar-refractivity contribution in [1.82, 2.24) is 4.90 Å². The minimum absolute atomic E-state index is 0.122. The Hall–Kier alpha value is -1.55. The first-order valence-electron chi connectivity index (χ1n) is 10.2. The maximum Gasteiger partial charge on any atom is 0.410 e. The first kappa shape index (κ1) is 17.8.